The quantitative estimate of drug-likeness (QED) is 0.850. The number of halogens is 1. The van der Waals surface area contributed by atoms with E-state index in [1.807, 2.05) is 6.07 Å². The molecule has 1 aromatic rings. The predicted molar refractivity (Wildman–Crippen MR) is 66.7 cm³/mol. The van der Waals surface area contributed by atoms with E-state index in [9.17, 15) is 4.79 Å². The van der Waals surface area contributed by atoms with Gasteiger partial charge in [0.05, 0.1) is 5.56 Å². The standard InChI is InChI=1S/C11H13BrO2S/c1-3-7(2)15-10-5-4-8(11(13)14)6-9(10)12/h4-7H,3H2,1-2H3,(H,13,14). The Balaban J connectivity index is 2.88. The molecular formula is C11H13BrO2S. The van der Waals surface area contributed by atoms with Crippen LogP contribution in [0.5, 0.6) is 0 Å². The molecule has 0 aliphatic heterocycles. The van der Waals surface area contributed by atoms with Crippen molar-refractivity contribution in [3.05, 3.63) is 28.2 Å². The molecule has 0 saturated heterocycles. The molecule has 0 bridgehead atoms. The van der Waals surface area contributed by atoms with Crippen LogP contribution in [0.1, 0.15) is 30.6 Å². The number of benzene rings is 1. The first kappa shape index (κ1) is 12.6. The first-order chi connectivity index (χ1) is 7.04. The maximum absolute atomic E-state index is 10.7. The summed E-state index contributed by atoms with van der Waals surface area (Å²) in [5, 5.41) is 9.34. The molecule has 0 heterocycles. The molecule has 0 spiro atoms. The molecular weight excluding hydrogens is 276 g/mol. The molecule has 4 heteroatoms. The minimum atomic E-state index is -0.893. The summed E-state index contributed by atoms with van der Waals surface area (Å²) in [6.45, 7) is 4.29. The SMILES string of the molecule is CCC(C)Sc1ccc(C(=O)O)cc1Br. The van der Waals surface area contributed by atoms with Gasteiger partial charge in [-0.2, -0.15) is 0 Å². The number of carboxylic acid groups (broad SMARTS) is 1. The summed E-state index contributed by atoms with van der Waals surface area (Å²) in [4.78, 5) is 11.8. The third-order valence-corrected chi connectivity index (χ3v) is 4.35. The molecule has 1 N–H and O–H groups in total. The molecule has 1 atom stereocenters. The van der Waals surface area contributed by atoms with Gasteiger partial charge >= 0.3 is 5.97 Å². The molecule has 0 aromatic heterocycles. The van der Waals surface area contributed by atoms with Crippen molar-refractivity contribution in [2.24, 2.45) is 0 Å². The van der Waals surface area contributed by atoms with Crippen LogP contribution in [0, 0.1) is 0 Å². The van der Waals surface area contributed by atoms with Crippen LogP contribution in [-0.4, -0.2) is 16.3 Å². The Morgan fingerprint density at radius 3 is 2.73 bits per heavy atom. The highest BCUT2D eigenvalue weighted by atomic mass is 79.9. The lowest BCUT2D eigenvalue weighted by Gasteiger charge is -2.10. The summed E-state index contributed by atoms with van der Waals surface area (Å²) < 4.78 is 0.854. The van der Waals surface area contributed by atoms with Crippen molar-refractivity contribution >= 4 is 33.7 Å². The first-order valence-electron chi connectivity index (χ1n) is 4.74. The molecule has 2 nitrogen and oxygen atoms in total. The highest BCUT2D eigenvalue weighted by Gasteiger charge is 2.09. The number of hydrogen-bond donors (Lipinski definition) is 1. The summed E-state index contributed by atoms with van der Waals surface area (Å²) in [6, 6.07) is 5.13. The van der Waals surface area contributed by atoms with Gasteiger partial charge in [0.25, 0.3) is 0 Å². The van der Waals surface area contributed by atoms with Crippen LogP contribution in [0.4, 0.5) is 0 Å². The van der Waals surface area contributed by atoms with Crippen LogP contribution >= 0.6 is 27.7 Å². The summed E-state index contributed by atoms with van der Waals surface area (Å²) >= 11 is 5.14. The van der Waals surface area contributed by atoms with Crippen LogP contribution in [0.3, 0.4) is 0 Å². The largest absolute Gasteiger partial charge is 0.478 e. The van der Waals surface area contributed by atoms with E-state index in [1.54, 1.807) is 23.9 Å². The Bertz CT molecular complexity index is 366. The van der Waals surface area contributed by atoms with Crippen molar-refractivity contribution in [3.63, 3.8) is 0 Å². The molecule has 0 fully saturated rings. The van der Waals surface area contributed by atoms with Gasteiger partial charge in [-0.05, 0) is 40.5 Å². The fourth-order valence-electron chi connectivity index (χ4n) is 1.03. The van der Waals surface area contributed by atoms with Gasteiger partial charge < -0.3 is 5.11 Å². The van der Waals surface area contributed by atoms with Gasteiger partial charge in [0.15, 0.2) is 0 Å². The van der Waals surface area contributed by atoms with Crippen molar-refractivity contribution in [3.8, 4) is 0 Å². The maximum Gasteiger partial charge on any atom is 0.335 e. The molecule has 1 aromatic carbocycles. The number of aromatic carboxylic acids is 1. The monoisotopic (exact) mass is 288 g/mol. The second kappa shape index (κ2) is 5.56. The number of hydrogen-bond acceptors (Lipinski definition) is 2. The zero-order valence-electron chi connectivity index (χ0n) is 8.66. The Morgan fingerprint density at radius 1 is 1.60 bits per heavy atom. The van der Waals surface area contributed by atoms with E-state index in [0.29, 0.717) is 10.8 Å². The molecule has 0 aliphatic rings. The molecule has 1 rings (SSSR count). The maximum atomic E-state index is 10.7. The lowest BCUT2D eigenvalue weighted by atomic mass is 10.2. The Morgan fingerprint density at radius 2 is 2.27 bits per heavy atom. The van der Waals surface area contributed by atoms with E-state index in [4.69, 9.17) is 5.11 Å². The van der Waals surface area contributed by atoms with Crippen molar-refractivity contribution in [1.82, 2.24) is 0 Å². The van der Waals surface area contributed by atoms with Crippen molar-refractivity contribution in [2.75, 3.05) is 0 Å². The number of rotatable bonds is 4. The Labute approximate surface area is 102 Å². The summed E-state index contributed by atoms with van der Waals surface area (Å²) in [5.41, 5.74) is 0.315. The number of thioether (sulfide) groups is 1. The zero-order valence-corrected chi connectivity index (χ0v) is 11.1. The van der Waals surface area contributed by atoms with E-state index in [2.05, 4.69) is 29.8 Å². The van der Waals surface area contributed by atoms with Crippen molar-refractivity contribution in [1.29, 1.82) is 0 Å². The predicted octanol–water partition coefficient (Wildman–Crippen LogP) is 4.04. The van der Waals surface area contributed by atoms with Crippen LogP contribution in [-0.2, 0) is 0 Å². The second-order valence-electron chi connectivity index (χ2n) is 3.29. The van der Waals surface area contributed by atoms with Crippen molar-refractivity contribution in [2.45, 2.75) is 30.4 Å². The van der Waals surface area contributed by atoms with E-state index >= 15 is 0 Å². The van der Waals surface area contributed by atoms with Gasteiger partial charge in [-0.1, -0.05) is 13.8 Å². The van der Waals surface area contributed by atoms with Gasteiger partial charge in [-0.15, -0.1) is 11.8 Å². The first-order valence-corrected chi connectivity index (χ1v) is 6.41. The zero-order chi connectivity index (χ0) is 11.4. The van der Waals surface area contributed by atoms with Crippen molar-refractivity contribution < 1.29 is 9.90 Å². The fourth-order valence-corrected chi connectivity index (χ4v) is 2.61. The van der Waals surface area contributed by atoms with Crippen LogP contribution in [0.25, 0.3) is 0 Å². The topological polar surface area (TPSA) is 37.3 Å². The average Bonchev–Trinajstić information content (AvgIpc) is 2.20. The second-order valence-corrected chi connectivity index (χ2v) is 5.62. The Hall–Kier alpha value is -0.480. The van der Waals surface area contributed by atoms with Gasteiger partial charge in [0.2, 0.25) is 0 Å². The van der Waals surface area contributed by atoms with E-state index in [0.717, 1.165) is 15.8 Å². The van der Waals surface area contributed by atoms with Crippen LogP contribution < -0.4 is 0 Å². The highest BCUT2D eigenvalue weighted by Crippen LogP contribution is 2.32. The molecule has 0 aliphatic carbocycles. The van der Waals surface area contributed by atoms with Crippen LogP contribution in [0.2, 0.25) is 0 Å². The molecule has 0 radical (unpaired) electrons. The third-order valence-electron chi connectivity index (χ3n) is 2.08. The summed E-state index contributed by atoms with van der Waals surface area (Å²) in [6.07, 6.45) is 1.10. The number of carbonyl (C=O) groups is 1. The minimum Gasteiger partial charge on any atom is -0.478 e. The van der Waals surface area contributed by atoms with Gasteiger partial charge in [0, 0.05) is 14.6 Å². The molecule has 0 saturated carbocycles. The Kier molecular flexibility index (Phi) is 4.67. The van der Waals surface area contributed by atoms with E-state index in [-0.39, 0.29) is 0 Å². The molecule has 1 unspecified atom stereocenters. The lowest BCUT2D eigenvalue weighted by Crippen LogP contribution is -1.97. The van der Waals surface area contributed by atoms with Gasteiger partial charge in [-0.25, -0.2) is 4.79 Å². The van der Waals surface area contributed by atoms with Gasteiger partial charge in [0.1, 0.15) is 0 Å². The molecule has 82 valence electrons. The summed E-state index contributed by atoms with van der Waals surface area (Å²) in [5.74, 6) is -0.893. The summed E-state index contributed by atoms with van der Waals surface area (Å²) in [7, 11) is 0. The van der Waals surface area contributed by atoms with E-state index < -0.39 is 5.97 Å². The van der Waals surface area contributed by atoms with E-state index in [1.165, 1.54) is 0 Å². The molecule has 15 heavy (non-hydrogen) atoms. The third kappa shape index (κ3) is 3.54. The fraction of sp³-hybridized carbons (Fsp3) is 0.364. The minimum absolute atomic E-state index is 0.315. The highest BCUT2D eigenvalue weighted by molar-refractivity contribution is 9.10. The van der Waals surface area contributed by atoms with Crippen LogP contribution in [0.15, 0.2) is 27.6 Å². The average molecular weight is 289 g/mol. The van der Waals surface area contributed by atoms with Gasteiger partial charge in [-0.3, -0.25) is 0 Å². The normalized spacial score (nSPS) is 12.5. The number of carboxylic acids is 1. The smallest absolute Gasteiger partial charge is 0.335 e. The molecule has 0 amide bonds. The lowest BCUT2D eigenvalue weighted by molar-refractivity contribution is 0.0696.